The lowest BCUT2D eigenvalue weighted by atomic mass is 10.1. The van der Waals surface area contributed by atoms with Crippen LogP contribution in [-0.4, -0.2) is 46.5 Å². The number of rotatable bonds is 8. The van der Waals surface area contributed by atoms with Gasteiger partial charge in [-0.05, 0) is 40.5 Å². The van der Waals surface area contributed by atoms with Crippen LogP contribution >= 0.6 is 30.1 Å². The van der Waals surface area contributed by atoms with Gasteiger partial charge in [-0.25, -0.2) is 11.2 Å². The average Bonchev–Trinajstić information content (AvgIpc) is 2.71. The highest BCUT2D eigenvalue weighted by atomic mass is 33.1. The molecule has 0 N–H and O–H groups in total. The minimum Gasteiger partial charge on any atom is -0.316 e. The molecule has 1 saturated carbocycles. The van der Waals surface area contributed by atoms with Gasteiger partial charge in [-0.15, -0.1) is 0 Å². The maximum atomic E-state index is 6.97. The summed E-state index contributed by atoms with van der Waals surface area (Å²) in [5, 5.41) is 1.20. The van der Waals surface area contributed by atoms with E-state index in [1.165, 1.54) is 25.7 Å². The van der Waals surface area contributed by atoms with E-state index in [1.54, 1.807) is 0 Å². The number of fused-ring (bicyclic) bond motifs is 2. The Morgan fingerprint density at radius 3 is 2.17 bits per heavy atom. The number of nitrogens with zero attached hydrogens (tertiary/aromatic N) is 2. The van der Waals surface area contributed by atoms with E-state index in [9.17, 15) is 0 Å². The minimum absolute atomic E-state index is 0.298. The highest BCUT2D eigenvalue weighted by molar-refractivity contribution is 8.77. The van der Waals surface area contributed by atoms with E-state index < -0.39 is 8.53 Å². The fraction of sp³-hybridized carbons (Fsp3) is 0.938. The summed E-state index contributed by atoms with van der Waals surface area (Å²) in [6.07, 6.45) is 5.46. The highest BCUT2D eigenvalue weighted by Gasteiger charge is 2.43. The Morgan fingerprint density at radius 1 is 1.13 bits per heavy atom. The van der Waals surface area contributed by atoms with E-state index in [2.05, 4.69) is 37.2 Å². The van der Waals surface area contributed by atoms with Crippen molar-refractivity contribution in [2.24, 2.45) is 0 Å². The van der Waals surface area contributed by atoms with Crippen molar-refractivity contribution in [2.75, 3.05) is 13.2 Å². The Bertz CT molecular complexity index is 384. The summed E-state index contributed by atoms with van der Waals surface area (Å²) in [7, 11) is 2.93. The molecule has 2 fully saturated rings. The fourth-order valence-corrected chi connectivity index (χ4v) is 8.81. The second-order valence-electron chi connectivity index (χ2n) is 6.64. The molecule has 1 aliphatic heterocycles. The summed E-state index contributed by atoms with van der Waals surface area (Å²) in [5.74, 6) is 0. The predicted octanol–water partition coefficient (Wildman–Crippen LogP) is 5.36. The Morgan fingerprint density at radius 2 is 1.70 bits per heavy atom. The van der Waals surface area contributed by atoms with Crippen molar-refractivity contribution in [3.8, 4) is 0 Å². The summed E-state index contributed by atoms with van der Waals surface area (Å²) < 4.78 is 15.0. The van der Waals surface area contributed by atoms with Crippen molar-refractivity contribution < 1.29 is 9.05 Å². The molecule has 4 nitrogen and oxygen atoms in total. The van der Waals surface area contributed by atoms with Crippen LogP contribution < -0.4 is 0 Å². The second-order valence-corrected chi connectivity index (χ2v) is 10.8. The van der Waals surface area contributed by atoms with Gasteiger partial charge < -0.3 is 13.9 Å². The van der Waals surface area contributed by atoms with Gasteiger partial charge in [0.05, 0.1) is 6.10 Å². The van der Waals surface area contributed by atoms with E-state index in [0.29, 0.717) is 41.8 Å². The molecule has 2 aliphatic rings. The van der Waals surface area contributed by atoms with Crippen molar-refractivity contribution >= 4 is 30.1 Å². The highest BCUT2D eigenvalue weighted by Crippen LogP contribution is 2.56. The van der Waals surface area contributed by atoms with Crippen molar-refractivity contribution in [3.63, 3.8) is 0 Å². The molecular weight excluding hydrogens is 347 g/mol. The smallest absolute Gasteiger partial charge is 0.259 e. The van der Waals surface area contributed by atoms with Gasteiger partial charge in [-0.2, -0.15) is 0 Å². The van der Waals surface area contributed by atoms with Gasteiger partial charge >= 0.3 is 0 Å². The lowest BCUT2D eigenvalue weighted by Gasteiger charge is -2.37. The SMILES string of the molecule is [C-]#[N+]CCOP(OC1C2CCCCC1SS2)N(C(C)C)C(C)C. The molecule has 1 aliphatic carbocycles. The Labute approximate surface area is 150 Å². The van der Waals surface area contributed by atoms with E-state index >= 15 is 0 Å². The van der Waals surface area contributed by atoms with Crippen molar-refractivity contribution in [2.45, 2.75) is 82.1 Å². The monoisotopic (exact) mass is 376 g/mol. The van der Waals surface area contributed by atoms with Gasteiger partial charge in [-0.1, -0.05) is 34.4 Å². The molecule has 7 heteroatoms. The second kappa shape index (κ2) is 9.85. The lowest BCUT2D eigenvalue weighted by Crippen LogP contribution is -2.37. The van der Waals surface area contributed by atoms with Crippen LogP contribution in [0.3, 0.4) is 0 Å². The fourth-order valence-electron chi connectivity index (χ4n) is 3.14. The Hall–Kier alpha value is 0.500. The Balaban J connectivity index is 2.08. The minimum atomic E-state index is -1.10. The van der Waals surface area contributed by atoms with E-state index in [1.807, 2.05) is 21.6 Å². The third-order valence-electron chi connectivity index (χ3n) is 4.13. The molecule has 0 spiro atoms. The van der Waals surface area contributed by atoms with Gasteiger partial charge in [0.1, 0.15) is 6.61 Å². The molecular formula is C16H29N2O2PS2. The molecule has 3 unspecified atom stereocenters. The maximum absolute atomic E-state index is 6.97. The molecule has 0 radical (unpaired) electrons. The largest absolute Gasteiger partial charge is 0.316 e. The first kappa shape index (κ1) is 19.8. The zero-order valence-electron chi connectivity index (χ0n) is 14.6. The van der Waals surface area contributed by atoms with Crippen molar-refractivity contribution in [3.05, 3.63) is 11.4 Å². The molecule has 0 aromatic heterocycles. The van der Waals surface area contributed by atoms with Crippen LogP contribution in [0.1, 0.15) is 53.4 Å². The summed E-state index contributed by atoms with van der Waals surface area (Å²) in [4.78, 5) is 3.41. The van der Waals surface area contributed by atoms with E-state index in [-0.39, 0.29) is 0 Å². The molecule has 1 heterocycles. The average molecular weight is 377 g/mol. The van der Waals surface area contributed by atoms with Crippen LogP contribution in [0.4, 0.5) is 0 Å². The summed E-state index contributed by atoms with van der Waals surface area (Å²) in [6.45, 7) is 16.6. The molecule has 0 aromatic carbocycles. The summed E-state index contributed by atoms with van der Waals surface area (Å²) in [6, 6.07) is 0.746. The van der Waals surface area contributed by atoms with Gasteiger partial charge in [0.15, 0.2) is 0 Å². The molecule has 1 saturated heterocycles. The number of hydrogen-bond acceptors (Lipinski definition) is 5. The normalized spacial score (nSPS) is 29.0. The molecule has 2 bridgehead atoms. The Kier molecular flexibility index (Phi) is 8.49. The summed E-state index contributed by atoms with van der Waals surface area (Å²) in [5.41, 5.74) is 0. The van der Waals surface area contributed by atoms with Crippen LogP contribution in [0, 0.1) is 6.57 Å². The molecule has 0 amide bonds. The van der Waals surface area contributed by atoms with Gasteiger partial charge in [0, 0.05) is 22.6 Å². The molecule has 0 aromatic rings. The molecule has 132 valence electrons. The summed E-state index contributed by atoms with van der Waals surface area (Å²) >= 11 is 0. The van der Waals surface area contributed by atoms with Gasteiger partial charge in [-0.3, -0.25) is 0 Å². The third-order valence-corrected chi connectivity index (χ3v) is 9.68. The standard InChI is InChI=1S/C16H29N2O2PS2/c1-12(2)18(13(3)4)21(19-11-10-17-5)20-16-14-8-6-7-9-15(16)23-22-14/h12-16H,6-11H2,1-4H3. The molecule has 3 atom stereocenters. The van der Waals surface area contributed by atoms with E-state index in [4.69, 9.17) is 15.6 Å². The first-order chi connectivity index (χ1) is 11.0. The predicted molar refractivity (Wildman–Crippen MR) is 103 cm³/mol. The van der Waals surface area contributed by atoms with Crippen molar-refractivity contribution in [1.82, 2.24) is 4.67 Å². The van der Waals surface area contributed by atoms with Crippen LogP contribution in [0.2, 0.25) is 0 Å². The first-order valence-electron chi connectivity index (χ1n) is 8.58. The maximum Gasteiger partial charge on any atom is 0.259 e. The van der Waals surface area contributed by atoms with E-state index in [0.717, 1.165) is 0 Å². The topological polar surface area (TPSA) is 26.1 Å². The van der Waals surface area contributed by atoms with Gasteiger partial charge in [0.2, 0.25) is 6.54 Å². The van der Waals surface area contributed by atoms with Crippen LogP contribution in [0.5, 0.6) is 0 Å². The number of hydrogen-bond donors (Lipinski definition) is 0. The molecule has 2 rings (SSSR count). The quantitative estimate of drug-likeness (QED) is 0.246. The van der Waals surface area contributed by atoms with Crippen LogP contribution in [0.25, 0.3) is 4.85 Å². The zero-order chi connectivity index (χ0) is 16.8. The van der Waals surface area contributed by atoms with Crippen molar-refractivity contribution in [1.29, 1.82) is 0 Å². The third kappa shape index (κ3) is 5.49. The molecule has 23 heavy (non-hydrogen) atoms. The first-order valence-corrected chi connectivity index (χ1v) is 12.0. The zero-order valence-corrected chi connectivity index (χ0v) is 17.1. The lowest BCUT2D eigenvalue weighted by molar-refractivity contribution is 0.132. The van der Waals surface area contributed by atoms with Crippen LogP contribution in [-0.2, 0) is 9.05 Å². The van der Waals surface area contributed by atoms with Crippen LogP contribution in [0.15, 0.2) is 0 Å². The van der Waals surface area contributed by atoms with Gasteiger partial charge in [0.25, 0.3) is 8.53 Å².